The molecule has 0 saturated heterocycles. The van der Waals surface area contributed by atoms with E-state index in [1.807, 2.05) is 36.4 Å². The van der Waals surface area contributed by atoms with Gasteiger partial charge in [-0.05, 0) is 35.9 Å². The maximum absolute atomic E-state index is 12.8. The van der Waals surface area contributed by atoms with Crippen LogP contribution in [0.1, 0.15) is 5.56 Å². The van der Waals surface area contributed by atoms with Gasteiger partial charge in [-0.1, -0.05) is 48.5 Å². The largest absolute Gasteiger partial charge is 0.497 e. The summed E-state index contributed by atoms with van der Waals surface area (Å²) in [6.07, 6.45) is 0.179. The van der Waals surface area contributed by atoms with E-state index in [1.54, 1.807) is 60.7 Å². The molecule has 1 heterocycles. The van der Waals surface area contributed by atoms with Crippen LogP contribution in [-0.4, -0.2) is 38.5 Å². The Morgan fingerprint density at radius 3 is 2.10 bits per heavy atom. The number of anilines is 5. The molecule has 0 unspecified atom stereocenters. The zero-order valence-electron chi connectivity index (χ0n) is 22.3. The standard InChI is InChI=1S/C30H27N5O5S/c1-39-24-17-22(18-25(19-24)40-2)32-29-30(34-27-14-7-6-13-26(27)33-29)35(41(37)38)23-12-8-11-21(16-23)31-28(36)15-20-9-4-3-5-10-20/h3-14,16-19,41H,15H2,1-2H3,(H,31,36)(H,32,33). The van der Waals surface area contributed by atoms with Gasteiger partial charge in [-0.3, -0.25) is 4.79 Å². The van der Waals surface area contributed by atoms with Gasteiger partial charge in [0.1, 0.15) is 11.5 Å². The van der Waals surface area contributed by atoms with Gasteiger partial charge in [-0.2, -0.15) is 0 Å². The van der Waals surface area contributed by atoms with Crippen molar-refractivity contribution in [2.24, 2.45) is 0 Å². The number of hydrogen-bond donors (Lipinski definition) is 3. The molecule has 0 aliphatic carbocycles. The molecular weight excluding hydrogens is 542 g/mol. The number of benzene rings is 4. The molecule has 0 saturated carbocycles. The molecule has 0 atom stereocenters. The second kappa shape index (κ2) is 12.3. The number of ether oxygens (including phenoxy) is 2. The molecule has 0 fully saturated rings. The van der Waals surface area contributed by atoms with E-state index < -0.39 is 10.9 Å². The van der Waals surface area contributed by atoms with Crippen molar-refractivity contribution >= 4 is 56.5 Å². The number of nitrogens with one attached hydrogen (secondary N) is 2. The quantitative estimate of drug-likeness (QED) is 0.195. The predicted octanol–water partition coefficient (Wildman–Crippen LogP) is 5.24. The Bertz CT molecular complexity index is 1750. The van der Waals surface area contributed by atoms with Crippen LogP contribution in [0, 0.1) is 0 Å². The lowest BCUT2D eigenvalue weighted by Gasteiger charge is -2.21. The molecule has 5 rings (SSSR count). The van der Waals surface area contributed by atoms with E-state index in [0.717, 1.165) is 9.87 Å². The highest BCUT2D eigenvalue weighted by Crippen LogP contribution is 2.35. The number of thiol groups is 1. The summed E-state index contributed by atoms with van der Waals surface area (Å²) in [5.74, 6) is 1.08. The van der Waals surface area contributed by atoms with Gasteiger partial charge >= 0.3 is 0 Å². The molecule has 0 bridgehead atoms. The fourth-order valence-electron chi connectivity index (χ4n) is 4.23. The van der Waals surface area contributed by atoms with Gasteiger partial charge in [0, 0.05) is 29.6 Å². The fraction of sp³-hybridized carbons (Fsp3) is 0.100. The van der Waals surface area contributed by atoms with Gasteiger partial charge in [0.2, 0.25) is 16.8 Å². The van der Waals surface area contributed by atoms with Crippen LogP contribution in [-0.2, 0) is 22.1 Å². The summed E-state index contributed by atoms with van der Waals surface area (Å²) in [4.78, 5) is 22.0. The molecule has 0 radical (unpaired) electrons. The number of fused-ring (bicyclic) bond motifs is 1. The molecule has 41 heavy (non-hydrogen) atoms. The molecule has 1 aromatic heterocycles. The van der Waals surface area contributed by atoms with Gasteiger partial charge in [-0.15, -0.1) is 0 Å². The van der Waals surface area contributed by atoms with Gasteiger partial charge < -0.3 is 20.1 Å². The summed E-state index contributed by atoms with van der Waals surface area (Å²) in [6, 6.07) is 28.2. The number of carbonyl (C=O) groups excluding carboxylic acids is 1. The molecule has 11 heteroatoms. The SMILES string of the molecule is COc1cc(Nc2nc3ccccc3nc2N(c2cccc(NC(=O)Cc3ccccc3)c2)[SH](=O)=O)cc(OC)c1. The van der Waals surface area contributed by atoms with Crippen molar-refractivity contribution in [2.45, 2.75) is 6.42 Å². The predicted molar refractivity (Wildman–Crippen MR) is 160 cm³/mol. The Morgan fingerprint density at radius 2 is 1.44 bits per heavy atom. The molecule has 0 aliphatic rings. The first-order valence-corrected chi connectivity index (χ1v) is 13.7. The Morgan fingerprint density at radius 1 is 0.780 bits per heavy atom. The lowest BCUT2D eigenvalue weighted by Crippen LogP contribution is -2.19. The van der Waals surface area contributed by atoms with E-state index in [9.17, 15) is 13.2 Å². The molecule has 0 spiro atoms. The summed E-state index contributed by atoms with van der Waals surface area (Å²) in [5.41, 5.74) is 3.19. The topological polar surface area (TPSA) is 123 Å². The first kappa shape index (κ1) is 27.4. The molecule has 4 aromatic carbocycles. The molecular formula is C30H27N5O5S. The molecule has 2 N–H and O–H groups in total. The molecule has 10 nitrogen and oxygen atoms in total. The highest BCUT2D eigenvalue weighted by atomic mass is 32.2. The number of rotatable bonds is 10. The van der Waals surface area contributed by atoms with E-state index in [1.165, 1.54) is 14.2 Å². The number of carbonyl (C=O) groups is 1. The number of nitrogens with zero attached hydrogens (tertiary/aromatic N) is 3. The lowest BCUT2D eigenvalue weighted by atomic mass is 10.1. The highest BCUT2D eigenvalue weighted by Gasteiger charge is 2.21. The van der Waals surface area contributed by atoms with Crippen molar-refractivity contribution in [3.63, 3.8) is 0 Å². The van der Waals surface area contributed by atoms with Gasteiger partial charge in [0.05, 0.1) is 37.4 Å². The van der Waals surface area contributed by atoms with Crippen LogP contribution in [0.25, 0.3) is 11.0 Å². The second-order valence-electron chi connectivity index (χ2n) is 8.92. The monoisotopic (exact) mass is 569 g/mol. The van der Waals surface area contributed by atoms with Crippen molar-refractivity contribution < 1.29 is 22.7 Å². The minimum absolute atomic E-state index is 0.0503. The van der Waals surface area contributed by atoms with Crippen molar-refractivity contribution in [2.75, 3.05) is 29.2 Å². The minimum Gasteiger partial charge on any atom is -0.497 e. The first-order valence-electron chi connectivity index (χ1n) is 12.6. The normalized spacial score (nSPS) is 10.8. The number of para-hydroxylation sites is 2. The second-order valence-corrected chi connectivity index (χ2v) is 9.80. The maximum atomic E-state index is 12.8. The van der Waals surface area contributed by atoms with E-state index in [4.69, 9.17) is 14.5 Å². The number of methoxy groups -OCH3 is 2. The van der Waals surface area contributed by atoms with Crippen molar-refractivity contribution in [1.29, 1.82) is 0 Å². The summed E-state index contributed by atoms with van der Waals surface area (Å²) >= 11 is 0. The third-order valence-corrected chi connectivity index (χ3v) is 6.86. The van der Waals surface area contributed by atoms with Crippen molar-refractivity contribution in [3.05, 3.63) is 103 Å². The Labute approximate surface area is 238 Å². The van der Waals surface area contributed by atoms with Crippen LogP contribution in [0.3, 0.4) is 0 Å². The summed E-state index contributed by atoms with van der Waals surface area (Å²) in [5, 5.41) is 6.02. The smallest absolute Gasteiger partial charge is 0.230 e. The number of amides is 1. The van der Waals surface area contributed by atoms with Crippen LogP contribution >= 0.6 is 0 Å². The summed E-state index contributed by atoms with van der Waals surface area (Å²) in [6.45, 7) is 0. The van der Waals surface area contributed by atoms with Crippen LogP contribution in [0.2, 0.25) is 0 Å². The van der Waals surface area contributed by atoms with Gasteiger partial charge in [-0.25, -0.2) is 22.7 Å². The van der Waals surface area contributed by atoms with Gasteiger partial charge in [0.15, 0.2) is 11.6 Å². The molecule has 0 aliphatic heterocycles. The highest BCUT2D eigenvalue weighted by molar-refractivity contribution is 7.74. The van der Waals surface area contributed by atoms with E-state index in [2.05, 4.69) is 15.6 Å². The van der Waals surface area contributed by atoms with Crippen LogP contribution in [0.15, 0.2) is 97.1 Å². The average molecular weight is 570 g/mol. The van der Waals surface area contributed by atoms with Crippen molar-refractivity contribution in [3.8, 4) is 11.5 Å². The Kier molecular flexibility index (Phi) is 8.26. The zero-order valence-corrected chi connectivity index (χ0v) is 23.2. The van der Waals surface area contributed by atoms with E-state index in [-0.39, 0.29) is 29.7 Å². The Balaban J connectivity index is 1.54. The minimum atomic E-state index is -3.23. The summed E-state index contributed by atoms with van der Waals surface area (Å²) in [7, 11) is -0.151. The molecule has 1 amide bonds. The van der Waals surface area contributed by atoms with E-state index >= 15 is 0 Å². The number of hydrogen-bond acceptors (Lipinski definition) is 8. The fourth-order valence-corrected chi connectivity index (χ4v) is 4.84. The maximum Gasteiger partial charge on any atom is 0.230 e. The van der Waals surface area contributed by atoms with E-state index in [0.29, 0.717) is 33.9 Å². The summed E-state index contributed by atoms with van der Waals surface area (Å²) < 4.78 is 37.3. The van der Waals surface area contributed by atoms with Gasteiger partial charge in [0.25, 0.3) is 0 Å². The third-order valence-electron chi connectivity index (χ3n) is 6.11. The molecule has 208 valence electrons. The third kappa shape index (κ3) is 6.53. The molecule has 5 aromatic rings. The van der Waals surface area contributed by atoms with Crippen LogP contribution in [0.4, 0.5) is 28.7 Å². The average Bonchev–Trinajstić information content (AvgIpc) is 2.97. The lowest BCUT2D eigenvalue weighted by molar-refractivity contribution is -0.115. The first-order chi connectivity index (χ1) is 19.9. The van der Waals surface area contributed by atoms with Crippen molar-refractivity contribution in [1.82, 2.24) is 9.97 Å². The number of aromatic nitrogens is 2. The Hall–Kier alpha value is -5.16. The van der Waals surface area contributed by atoms with Crippen LogP contribution in [0.5, 0.6) is 11.5 Å². The zero-order chi connectivity index (χ0) is 28.8. The van der Waals surface area contributed by atoms with Crippen LogP contribution < -0.4 is 24.4 Å².